The first-order chi connectivity index (χ1) is 15.1. The van der Waals surface area contributed by atoms with Crippen molar-refractivity contribution in [3.8, 4) is 11.5 Å². The molecule has 0 saturated carbocycles. The van der Waals surface area contributed by atoms with Crippen molar-refractivity contribution in [1.29, 1.82) is 0 Å². The molecule has 3 heterocycles. The summed E-state index contributed by atoms with van der Waals surface area (Å²) in [4.78, 5) is 40.7. The lowest BCUT2D eigenvalue weighted by Gasteiger charge is -2.28. The summed E-state index contributed by atoms with van der Waals surface area (Å²) in [6.07, 6.45) is 1.22. The molecule has 1 fully saturated rings. The molecular formula is C23H23N3O5. The number of nitrogens with zero attached hydrogens (tertiary/aromatic N) is 2. The molecule has 1 N–H and O–H groups in total. The Balaban J connectivity index is 1.11. The molecule has 3 aliphatic rings. The largest absolute Gasteiger partial charge is 0.454 e. The predicted molar refractivity (Wildman–Crippen MR) is 110 cm³/mol. The fraction of sp³-hybridized carbons (Fsp3) is 0.348. The van der Waals surface area contributed by atoms with Crippen LogP contribution in [0.5, 0.6) is 11.5 Å². The highest BCUT2D eigenvalue weighted by atomic mass is 16.7. The molecular weight excluding hydrogens is 398 g/mol. The van der Waals surface area contributed by atoms with Gasteiger partial charge >= 0.3 is 6.03 Å². The van der Waals surface area contributed by atoms with Crippen molar-refractivity contribution in [3.63, 3.8) is 0 Å². The van der Waals surface area contributed by atoms with Gasteiger partial charge in [-0.25, -0.2) is 4.79 Å². The molecule has 0 spiro atoms. The van der Waals surface area contributed by atoms with Gasteiger partial charge in [-0.1, -0.05) is 30.3 Å². The highest BCUT2D eigenvalue weighted by molar-refractivity contribution is 6.04. The number of hydrogen-bond donors (Lipinski definition) is 1. The summed E-state index contributed by atoms with van der Waals surface area (Å²) in [5, 5.41) is 2.87. The lowest BCUT2D eigenvalue weighted by molar-refractivity contribution is -0.129. The van der Waals surface area contributed by atoms with Gasteiger partial charge in [0.05, 0.1) is 0 Å². The van der Waals surface area contributed by atoms with Crippen molar-refractivity contribution in [2.24, 2.45) is 0 Å². The molecule has 5 rings (SSSR count). The summed E-state index contributed by atoms with van der Waals surface area (Å²) in [7, 11) is 0. The third-order valence-corrected chi connectivity index (χ3v) is 5.99. The van der Waals surface area contributed by atoms with E-state index in [9.17, 15) is 14.4 Å². The molecule has 2 aromatic rings. The Morgan fingerprint density at radius 2 is 1.87 bits per heavy atom. The van der Waals surface area contributed by atoms with Crippen LogP contribution >= 0.6 is 0 Å². The molecule has 8 heteroatoms. The van der Waals surface area contributed by atoms with Gasteiger partial charge in [-0.05, 0) is 35.2 Å². The standard InChI is InChI=1S/C23H23N3O5/c27-21(24-12-15-7-8-19-20(10-15)31-14-30-19)6-3-9-25-22(28)18-11-16-4-1-2-5-17(16)13-26(18)23(25)29/h1-2,4-5,7-8,10,18H,3,6,9,11-14H2,(H,24,27)/t18-/m0/s1. The maximum Gasteiger partial charge on any atom is 0.327 e. The van der Waals surface area contributed by atoms with Crippen LogP contribution in [0.1, 0.15) is 29.5 Å². The van der Waals surface area contributed by atoms with E-state index in [1.165, 1.54) is 4.90 Å². The normalized spacial score (nSPS) is 18.8. The van der Waals surface area contributed by atoms with Crippen LogP contribution in [0.2, 0.25) is 0 Å². The fourth-order valence-electron chi connectivity index (χ4n) is 4.32. The Labute approximate surface area is 179 Å². The molecule has 160 valence electrons. The van der Waals surface area contributed by atoms with Crippen LogP contribution in [0.4, 0.5) is 4.79 Å². The zero-order valence-electron chi connectivity index (χ0n) is 17.0. The van der Waals surface area contributed by atoms with E-state index in [1.807, 2.05) is 42.5 Å². The highest BCUT2D eigenvalue weighted by Gasteiger charge is 2.46. The fourth-order valence-corrected chi connectivity index (χ4v) is 4.32. The number of urea groups is 1. The zero-order valence-corrected chi connectivity index (χ0v) is 17.0. The number of amides is 4. The SMILES string of the molecule is O=C(CCCN1C(=O)[C@@H]2Cc3ccccc3CN2C1=O)NCc1ccc2c(c1)OCO2. The summed E-state index contributed by atoms with van der Waals surface area (Å²) in [5.41, 5.74) is 3.12. The van der Waals surface area contributed by atoms with Gasteiger partial charge in [-0.15, -0.1) is 0 Å². The molecule has 0 unspecified atom stereocenters. The van der Waals surface area contributed by atoms with Gasteiger partial charge in [-0.3, -0.25) is 14.5 Å². The maximum atomic E-state index is 12.8. The predicted octanol–water partition coefficient (Wildman–Crippen LogP) is 2.20. The number of imide groups is 1. The minimum Gasteiger partial charge on any atom is -0.454 e. The van der Waals surface area contributed by atoms with Gasteiger partial charge in [0.15, 0.2) is 11.5 Å². The number of rotatable bonds is 6. The lowest BCUT2D eigenvalue weighted by Crippen LogP contribution is -2.39. The second kappa shape index (κ2) is 7.94. The van der Waals surface area contributed by atoms with Crippen LogP contribution in [0, 0.1) is 0 Å². The molecule has 3 aliphatic heterocycles. The quantitative estimate of drug-likeness (QED) is 0.723. The Morgan fingerprint density at radius 1 is 1.06 bits per heavy atom. The first-order valence-corrected chi connectivity index (χ1v) is 10.4. The average Bonchev–Trinajstić information content (AvgIpc) is 3.34. The van der Waals surface area contributed by atoms with Crippen molar-refractivity contribution in [3.05, 3.63) is 59.2 Å². The molecule has 2 aromatic carbocycles. The van der Waals surface area contributed by atoms with E-state index in [-0.39, 0.29) is 37.6 Å². The summed E-state index contributed by atoms with van der Waals surface area (Å²) in [6.45, 7) is 1.30. The van der Waals surface area contributed by atoms with E-state index in [2.05, 4.69) is 5.32 Å². The average molecular weight is 421 g/mol. The van der Waals surface area contributed by atoms with Crippen LogP contribution < -0.4 is 14.8 Å². The Kier molecular flexibility index (Phi) is 4.97. The van der Waals surface area contributed by atoms with Crippen LogP contribution in [-0.2, 0) is 29.1 Å². The van der Waals surface area contributed by atoms with Gasteiger partial charge in [0, 0.05) is 32.5 Å². The first-order valence-electron chi connectivity index (χ1n) is 10.4. The topological polar surface area (TPSA) is 88.2 Å². The monoisotopic (exact) mass is 421 g/mol. The van der Waals surface area contributed by atoms with E-state index < -0.39 is 6.04 Å². The van der Waals surface area contributed by atoms with Crippen molar-refractivity contribution < 1.29 is 23.9 Å². The molecule has 1 atom stereocenters. The number of hydrogen-bond acceptors (Lipinski definition) is 5. The Hall–Kier alpha value is -3.55. The Morgan fingerprint density at radius 3 is 2.74 bits per heavy atom. The molecule has 0 aromatic heterocycles. The van der Waals surface area contributed by atoms with E-state index in [1.54, 1.807) is 4.90 Å². The maximum absolute atomic E-state index is 12.8. The second-order valence-corrected chi connectivity index (χ2v) is 7.96. The number of nitrogens with one attached hydrogen (secondary N) is 1. The summed E-state index contributed by atoms with van der Waals surface area (Å²) in [5.74, 6) is 1.09. The van der Waals surface area contributed by atoms with E-state index in [0.717, 1.165) is 16.7 Å². The number of carbonyl (C=O) groups is 3. The molecule has 0 bridgehead atoms. The molecule has 31 heavy (non-hydrogen) atoms. The van der Waals surface area contributed by atoms with Gasteiger partial charge in [0.1, 0.15) is 6.04 Å². The molecule has 1 saturated heterocycles. The number of carbonyl (C=O) groups excluding carboxylic acids is 3. The van der Waals surface area contributed by atoms with Crippen LogP contribution in [0.15, 0.2) is 42.5 Å². The lowest BCUT2D eigenvalue weighted by atomic mass is 9.95. The number of benzene rings is 2. The summed E-state index contributed by atoms with van der Waals surface area (Å²) in [6, 6.07) is 12.8. The summed E-state index contributed by atoms with van der Waals surface area (Å²) >= 11 is 0. The van der Waals surface area contributed by atoms with Gasteiger partial charge in [-0.2, -0.15) is 0 Å². The van der Waals surface area contributed by atoms with Gasteiger partial charge < -0.3 is 19.7 Å². The van der Waals surface area contributed by atoms with Crippen molar-refractivity contribution in [2.45, 2.75) is 38.4 Å². The first kappa shape index (κ1) is 19.4. The minimum atomic E-state index is -0.428. The smallest absolute Gasteiger partial charge is 0.327 e. The molecule has 0 radical (unpaired) electrons. The zero-order chi connectivity index (χ0) is 21.4. The van der Waals surface area contributed by atoms with Crippen LogP contribution in [-0.4, -0.2) is 47.0 Å². The number of fused-ring (bicyclic) bond motifs is 3. The Bertz CT molecular complexity index is 1010. The summed E-state index contributed by atoms with van der Waals surface area (Å²) < 4.78 is 10.6. The molecule has 4 amide bonds. The van der Waals surface area contributed by atoms with Gasteiger partial charge in [0.2, 0.25) is 12.7 Å². The van der Waals surface area contributed by atoms with E-state index >= 15 is 0 Å². The minimum absolute atomic E-state index is 0.123. The number of ether oxygens (including phenoxy) is 2. The van der Waals surface area contributed by atoms with Crippen LogP contribution in [0.3, 0.4) is 0 Å². The third kappa shape index (κ3) is 3.69. The van der Waals surface area contributed by atoms with Crippen molar-refractivity contribution >= 4 is 17.8 Å². The van der Waals surface area contributed by atoms with Crippen LogP contribution in [0.25, 0.3) is 0 Å². The highest BCUT2D eigenvalue weighted by Crippen LogP contribution is 2.32. The van der Waals surface area contributed by atoms with Crippen molar-refractivity contribution in [2.75, 3.05) is 13.3 Å². The van der Waals surface area contributed by atoms with Crippen molar-refractivity contribution in [1.82, 2.24) is 15.1 Å². The molecule has 8 nitrogen and oxygen atoms in total. The van der Waals surface area contributed by atoms with Gasteiger partial charge in [0.25, 0.3) is 5.91 Å². The van der Waals surface area contributed by atoms with E-state index in [0.29, 0.717) is 37.4 Å². The second-order valence-electron chi connectivity index (χ2n) is 7.96. The van der Waals surface area contributed by atoms with E-state index in [4.69, 9.17) is 9.47 Å². The third-order valence-electron chi connectivity index (χ3n) is 5.99. The molecule has 0 aliphatic carbocycles.